The van der Waals surface area contributed by atoms with Gasteiger partial charge in [0.15, 0.2) is 0 Å². The topological polar surface area (TPSA) is 52.6 Å². The van der Waals surface area contributed by atoms with Crippen LogP contribution in [0.4, 0.5) is 0 Å². The molecule has 1 aliphatic rings. The van der Waals surface area contributed by atoms with Gasteiger partial charge in [0.2, 0.25) is 0 Å². The molecule has 1 atom stereocenters. The highest BCUT2D eigenvalue weighted by atomic mass is 32.2. The summed E-state index contributed by atoms with van der Waals surface area (Å²) in [5.74, 6) is 0.191. The van der Waals surface area contributed by atoms with Crippen LogP contribution >= 0.6 is 0 Å². The Balaban J connectivity index is 2.22. The molecule has 0 N–H and O–H groups in total. The second kappa shape index (κ2) is 5.82. The van der Waals surface area contributed by atoms with E-state index in [-0.39, 0.29) is 5.92 Å². The van der Waals surface area contributed by atoms with Crippen molar-refractivity contribution >= 4 is 10.1 Å². The standard InChI is InChI=1S/C13H18O4S/c1-18(14,15)17-13(11-5-3-2-4-6-11)12-7-9-16-10-8-12/h2-6,12-13H,7-10H2,1H3. The van der Waals surface area contributed by atoms with E-state index in [1.165, 1.54) is 0 Å². The highest BCUT2D eigenvalue weighted by Crippen LogP contribution is 2.34. The zero-order chi connectivity index (χ0) is 13.0. The lowest BCUT2D eigenvalue weighted by Gasteiger charge is -2.29. The molecule has 5 heteroatoms. The quantitative estimate of drug-likeness (QED) is 0.786. The molecule has 4 nitrogen and oxygen atoms in total. The molecule has 0 bridgehead atoms. The van der Waals surface area contributed by atoms with Crippen LogP contribution in [0.2, 0.25) is 0 Å². The summed E-state index contributed by atoms with van der Waals surface area (Å²) in [5.41, 5.74) is 0.912. The average molecular weight is 270 g/mol. The van der Waals surface area contributed by atoms with Crippen LogP contribution in [0.1, 0.15) is 24.5 Å². The Labute approximate surface area is 108 Å². The fourth-order valence-electron chi connectivity index (χ4n) is 2.26. The van der Waals surface area contributed by atoms with Crippen LogP contribution in [0.25, 0.3) is 0 Å². The first kappa shape index (κ1) is 13.5. The van der Waals surface area contributed by atoms with Crippen LogP contribution in [-0.4, -0.2) is 27.9 Å². The molecule has 1 unspecified atom stereocenters. The Kier molecular flexibility index (Phi) is 4.37. The zero-order valence-electron chi connectivity index (χ0n) is 10.4. The minimum Gasteiger partial charge on any atom is -0.381 e. The summed E-state index contributed by atoms with van der Waals surface area (Å²) >= 11 is 0. The van der Waals surface area contributed by atoms with Crippen molar-refractivity contribution in [2.75, 3.05) is 19.5 Å². The molecule has 0 aliphatic carbocycles. The predicted molar refractivity (Wildman–Crippen MR) is 68.7 cm³/mol. The molecule has 0 amide bonds. The molecule has 0 saturated carbocycles. The Morgan fingerprint density at radius 2 is 1.83 bits per heavy atom. The van der Waals surface area contributed by atoms with Gasteiger partial charge < -0.3 is 4.74 Å². The summed E-state index contributed by atoms with van der Waals surface area (Å²) in [4.78, 5) is 0. The highest BCUT2D eigenvalue weighted by molar-refractivity contribution is 7.86. The fourth-order valence-corrected chi connectivity index (χ4v) is 2.90. The molecular formula is C13H18O4S. The molecule has 18 heavy (non-hydrogen) atoms. The van der Waals surface area contributed by atoms with Gasteiger partial charge in [-0.15, -0.1) is 0 Å². The molecule has 1 fully saturated rings. The molecule has 0 aromatic heterocycles. The minimum absolute atomic E-state index is 0.191. The third-order valence-electron chi connectivity index (χ3n) is 3.10. The first-order chi connectivity index (χ1) is 8.56. The molecule has 1 aliphatic heterocycles. The van der Waals surface area contributed by atoms with Crippen molar-refractivity contribution in [1.29, 1.82) is 0 Å². The first-order valence-corrected chi connectivity index (χ1v) is 7.89. The van der Waals surface area contributed by atoms with Crippen LogP contribution in [0.5, 0.6) is 0 Å². The number of rotatable bonds is 4. The van der Waals surface area contributed by atoms with Gasteiger partial charge in [-0.2, -0.15) is 8.42 Å². The average Bonchev–Trinajstić information content (AvgIpc) is 2.37. The van der Waals surface area contributed by atoms with Crippen LogP contribution in [0, 0.1) is 5.92 Å². The smallest absolute Gasteiger partial charge is 0.264 e. The first-order valence-electron chi connectivity index (χ1n) is 6.07. The van der Waals surface area contributed by atoms with E-state index >= 15 is 0 Å². The SMILES string of the molecule is CS(=O)(=O)OC(c1ccccc1)C1CCOCC1. The second-order valence-electron chi connectivity index (χ2n) is 4.58. The molecule has 1 aromatic carbocycles. The molecule has 1 aromatic rings. The third-order valence-corrected chi connectivity index (χ3v) is 3.66. The van der Waals surface area contributed by atoms with Gasteiger partial charge in [-0.1, -0.05) is 30.3 Å². The van der Waals surface area contributed by atoms with Gasteiger partial charge in [-0.05, 0) is 24.3 Å². The third kappa shape index (κ3) is 3.80. The summed E-state index contributed by atoms with van der Waals surface area (Å²) < 4.78 is 33.4. The minimum atomic E-state index is -3.46. The maximum Gasteiger partial charge on any atom is 0.264 e. The molecule has 100 valence electrons. The Morgan fingerprint density at radius 3 is 2.39 bits per heavy atom. The van der Waals surface area contributed by atoms with E-state index in [0.29, 0.717) is 13.2 Å². The number of hydrogen-bond acceptors (Lipinski definition) is 4. The van der Waals surface area contributed by atoms with Gasteiger partial charge in [-0.25, -0.2) is 0 Å². The van der Waals surface area contributed by atoms with Crippen LogP contribution in [0.15, 0.2) is 30.3 Å². The van der Waals surface area contributed by atoms with Crippen molar-refractivity contribution in [1.82, 2.24) is 0 Å². The molecular weight excluding hydrogens is 252 g/mol. The van der Waals surface area contributed by atoms with Crippen molar-refractivity contribution < 1.29 is 17.3 Å². The normalized spacial score (nSPS) is 19.6. The van der Waals surface area contributed by atoms with E-state index < -0.39 is 16.2 Å². The van der Waals surface area contributed by atoms with Crippen LogP contribution in [-0.2, 0) is 19.0 Å². The monoisotopic (exact) mass is 270 g/mol. The van der Waals surface area contributed by atoms with Gasteiger partial charge in [0.25, 0.3) is 10.1 Å². The van der Waals surface area contributed by atoms with Crippen LogP contribution in [0.3, 0.4) is 0 Å². The van der Waals surface area contributed by atoms with Gasteiger partial charge in [0, 0.05) is 13.2 Å². The number of benzene rings is 1. The molecule has 1 heterocycles. The van der Waals surface area contributed by atoms with Crippen molar-refractivity contribution in [3.8, 4) is 0 Å². The van der Waals surface area contributed by atoms with Gasteiger partial charge in [0.1, 0.15) is 6.10 Å². The summed E-state index contributed by atoms with van der Waals surface area (Å²) in [5, 5.41) is 0. The fraction of sp³-hybridized carbons (Fsp3) is 0.538. The lowest BCUT2D eigenvalue weighted by molar-refractivity contribution is 0.0196. The molecule has 2 rings (SSSR count). The van der Waals surface area contributed by atoms with Gasteiger partial charge >= 0.3 is 0 Å². The van der Waals surface area contributed by atoms with Crippen molar-refractivity contribution in [3.05, 3.63) is 35.9 Å². The predicted octanol–water partition coefficient (Wildman–Crippen LogP) is 2.13. The van der Waals surface area contributed by atoms with E-state index in [4.69, 9.17) is 8.92 Å². The van der Waals surface area contributed by atoms with Crippen molar-refractivity contribution in [2.45, 2.75) is 18.9 Å². The lowest BCUT2D eigenvalue weighted by atomic mass is 9.89. The van der Waals surface area contributed by atoms with Gasteiger partial charge in [0.05, 0.1) is 6.26 Å². The van der Waals surface area contributed by atoms with Crippen molar-refractivity contribution in [2.24, 2.45) is 5.92 Å². The van der Waals surface area contributed by atoms with Crippen molar-refractivity contribution in [3.63, 3.8) is 0 Å². The molecule has 0 radical (unpaired) electrons. The molecule has 0 spiro atoms. The summed E-state index contributed by atoms with van der Waals surface area (Å²) in [6.07, 6.45) is 2.36. The summed E-state index contributed by atoms with van der Waals surface area (Å²) in [6.45, 7) is 1.34. The van der Waals surface area contributed by atoms with E-state index in [1.807, 2.05) is 30.3 Å². The largest absolute Gasteiger partial charge is 0.381 e. The maximum atomic E-state index is 11.4. The Hall–Kier alpha value is -0.910. The zero-order valence-corrected chi connectivity index (χ0v) is 11.2. The van der Waals surface area contributed by atoms with Crippen LogP contribution < -0.4 is 0 Å². The summed E-state index contributed by atoms with van der Waals surface area (Å²) in [6, 6.07) is 9.52. The van der Waals surface area contributed by atoms with E-state index in [0.717, 1.165) is 24.7 Å². The Morgan fingerprint density at radius 1 is 1.22 bits per heavy atom. The highest BCUT2D eigenvalue weighted by Gasteiger charge is 2.29. The van der Waals surface area contributed by atoms with Gasteiger partial charge in [-0.3, -0.25) is 4.18 Å². The second-order valence-corrected chi connectivity index (χ2v) is 6.18. The summed E-state index contributed by atoms with van der Waals surface area (Å²) in [7, 11) is -3.46. The number of ether oxygens (including phenoxy) is 1. The van der Waals surface area contributed by atoms with E-state index in [2.05, 4.69) is 0 Å². The maximum absolute atomic E-state index is 11.4. The number of hydrogen-bond donors (Lipinski definition) is 0. The lowest BCUT2D eigenvalue weighted by Crippen LogP contribution is -2.25. The van der Waals surface area contributed by atoms with E-state index in [1.54, 1.807) is 0 Å². The molecule has 1 saturated heterocycles. The Bertz CT molecular complexity index is 463. The van der Waals surface area contributed by atoms with E-state index in [9.17, 15) is 8.42 Å².